The summed E-state index contributed by atoms with van der Waals surface area (Å²) < 4.78 is 0.980. The Balaban J connectivity index is 2.09. The molecule has 3 aromatic rings. The van der Waals surface area contributed by atoms with Gasteiger partial charge in [0.25, 0.3) is 0 Å². The Kier molecular flexibility index (Phi) is 5.54. The fraction of sp³-hybridized carbons (Fsp3) is 0.105. The maximum atomic E-state index is 11.3. The van der Waals surface area contributed by atoms with Gasteiger partial charge in [-0.3, -0.25) is 4.79 Å². The van der Waals surface area contributed by atoms with Crippen LogP contribution in [-0.4, -0.2) is 20.9 Å². The van der Waals surface area contributed by atoms with Crippen LogP contribution < -0.4 is 5.32 Å². The van der Waals surface area contributed by atoms with E-state index in [0.29, 0.717) is 22.1 Å². The highest BCUT2D eigenvalue weighted by Gasteiger charge is 2.13. The topological polar surface area (TPSA) is 59.8 Å². The van der Waals surface area contributed by atoms with Gasteiger partial charge in [-0.2, -0.15) is 4.80 Å². The zero-order valence-electron chi connectivity index (χ0n) is 14.2. The summed E-state index contributed by atoms with van der Waals surface area (Å²) in [6, 6.07) is 15.1. The number of halogens is 2. The van der Waals surface area contributed by atoms with E-state index in [-0.39, 0.29) is 5.91 Å². The highest BCUT2D eigenvalue weighted by Crippen LogP contribution is 2.25. The lowest BCUT2D eigenvalue weighted by molar-refractivity contribution is -0.118. The van der Waals surface area contributed by atoms with Crippen LogP contribution in [-0.2, 0) is 4.79 Å². The number of aromatic nitrogens is 3. The van der Waals surface area contributed by atoms with Crippen molar-refractivity contribution in [2.75, 3.05) is 0 Å². The molecule has 0 radical (unpaired) electrons. The zero-order valence-corrected chi connectivity index (χ0v) is 16.5. The first kappa shape index (κ1) is 18.4. The molecule has 0 atom stereocenters. The van der Waals surface area contributed by atoms with Crippen LogP contribution in [0.5, 0.6) is 0 Å². The quantitative estimate of drug-likeness (QED) is 0.642. The molecule has 7 heteroatoms. The second-order valence-electron chi connectivity index (χ2n) is 5.72. The van der Waals surface area contributed by atoms with E-state index in [0.717, 1.165) is 15.7 Å². The number of allylic oxidation sites excluding steroid dienone is 1. The molecule has 132 valence electrons. The first-order valence-electron chi connectivity index (χ1n) is 7.87. The Hall–Kier alpha value is -2.44. The van der Waals surface area contributed by atoms with Crippen molar-refractivity contribution >= 4 is 39.5 Å². The third-order valence-corrected chi connectivity index (χ3v) is 4.32. The molecule has 0 bridgehead atoms. The maximum absolute atomic E-state index is 11.3. The Morgan fingerprint density at radius 2 is 1.73 bits per heavy atom. The van der Waals surface area contributed by atoms with Crippen molar-refractivity contribution in [1.82, 2.24) is 20.3 Å². The van der Waals surface area contributed by atoms with E-state index in [1.54, 1.807) is 10.9 Å². The highest BCUT2D eigenvalue weighted by molar-refractivity contribution is 9.10. The third kappa shape index (κ3) is 4.39. The minimum Gasteiger partial charge on any atom is -0.330 e. The summed E-state index contributed by atoms with van der Waals surface area (Å²) in [5.74, 6) is -0.132. The average molecular weight is 432 g/mol. The molecule has 0 aliphatic carbocycles. The number of hydrogen-bond acceptors (Lipinski definition) is 3. The summed E-state index contributed by atoms with van der Waals surface area (Å²) in [6.45, 7) is 3.28. The summed E-state index contributed by atoms with van der Waals surface area (Å²) in [6.07, 6.45) is 1.80. The van der Waals surface area contributed by atoms with Gasteiger partial charge in [0.1, 0.15) is 11.4 Å². The number of hydrogen-bond donors (Lipinski definition) is 1. The van der Waals surface area contributed by atoms with Crippen molar-refractivity contribution in [2.24, 2.45) is 0 Å². The van der Waals surface area contributed by atoms with Gasteiger partial charge in [0.15, 0.2) is 0 Å². The number of nitrogens with one attached hydrogen (secondary N) is 1. The number of amides is 1. The molecule has 0 saturated carbocycles. The van der Waals surface area contributed by atoms with Crippen molar-refractivity contribution < 1.29 is 4.79 Å². The fourth-order valence-corrected chi connectivity index (χ4v) is 2.83. The molecule has 0 fully saturated rings. The van der Waals surface area contributed by atoms with Crippen LogP contribution in [0.1, 0.15) is 19.5 Å². The van der Waals surface area contributed by atoms with Crippen molar-refractivity contribution in [2.45, 2.75) is 13.8 Å². The molecule has 0 unspecified atom stereocenters. The molecule has 1 N–H and O–H groups in total. The average Bonchev–Trinajstić information content (AvgIpc) is 2.99. The van der Waals surface area contributed by atoms with Crippen molar-refractivity contribution in [3.8, 4) is 16.9 Å². The molecular weight excluding hydrogens is 416 g/mol. The Labute approximate surface area is 164 Å². The monoisotopic (exact) mass is 430 g/mol. The van der Waals surface area contributed by atoms with Crippen LogP contribution in [0.4, 0.5) is 0 Å². The second-order valence-corrected chi connectivity index (χ2v) is 7.07. The minimum atomic E-state index is -0.132. The number of benzene rings is 2. The SMILES string of the molecule is CC(=O)N/C(C)=C/c1nn(-c2ccc(Br)cc2)nc1-c1ccc(Cl)cc1. The number of rotatable bonds is 4. The standard InChI is InChI=1S/C19H16BrClN4O/c1-12(22-13(2)26)11-18-19(14-3-7-16(21)8-4-14)24-25(23-18)17-9-5-15(20)6-10-17/h3-11H,1-2H3,(H,22,26)/b12-11+. The second kappa shape index (κ2) is 7.85. The molecule has 0 aliphatic rings. The van der Waals surface area contributed by atoms with Crippen LogP contribution in [0.2, 0.25) is 5.02 Å². The molecule has 2 aromatic carbocycles. The first-order chi connectivity index (χ1) is 12.4. The van der Waals surface area contributed by atoms with Crippen molar-refractivity contribution in [3.63, 3.8) is 0 Å². The lowest BCUT2D eigenvalue weighted by atomic mass is 10.1. The summed E-state index contributed by atoms with van der Waals surface area (Å²) in [7, 11) is 0. The van der Waals surface area contributed by atoms with E-state index in [1.165, 1.54) is 6.92 Å². The molecule has 0 aliphatic heterocycles. The highest BCUT2D eigenvalue weighted by atomic mass is 79.9. The van der Waals surface area contributed by atoms with E-state index in [1.807, 2.05) is 55.5 Å². The predicted octanol–water partition coefficient (Wildman–Crippen LogP) is 4.85. The van der Waals surface area contributed by atoms with E-state index < -0.39 is 0 Å². The summed E-state index contributed by atoms with van der Waals surface area (Å²) >= 11 is 9.42. The molecular formula is C19H16BrClN4O. The molecule has 3 rings (SSSR count). The largest absolute Gasteiger partial charge is 0.330 e. The molecule has 0 saturated heterocycles. The van der Waals surface area contributed by atoms with Gasteiger partial charge in [-0.25, -0.2) is 0 Å². The minimum absolute atomic E-state index is 0.132. The molecule has 1 heterocycles. The van der Waals surface area contributed by atoms with Gasteiger partial charge in [-0.05, 0) is 49.4 Å². The first-order valence-corrected chi connectivity index (χ1v) is 9.04. The van der Waals surface area contributed by atoms with Crippen molar-refractivity contribution in [3.05, 3.63) is 69.4 Å². The lowest BCUT2D eigenvalue weighted by Gasteiger charge is -2.01. The van der Waals surface area contributed by atoms with E-state index >= 15 is 0 Å². The third-order valence-electron chi connectivity index (χ3n) is 3.54. The summed E-state index contributed by atoms with van der Waals surface area (Å²) in [5.41, 5.74) is 3.77. The van der Waals surface area contributed by atoms with Gasteiger partial charge >= 0.3 is 0 Å². The van der Waals surface area contributed by atoms with Crippen LogP contribution in [0.25, 0.3) is 23.0 Å². The molecule has 0 spiro atoms. The molecule has 26 heavy (non-hydrogen) atoms. The molecule has 1 amide bonds. The zero-order chi connectivity index (χ0) is 18.7. The van der Waals surface area contributed by atoms with E-state index in [4.69, 9.17) is 11.6 Å². The number of carbonyl (C=O) groups excluding carboxylic acids is 1. The van der Waals surface area contributed by atoms with Crippen LogP contribution >= 0.6 is 27.5 Å². The number of carbonyl (C=O) groups is 1. The van der Waals surface area contributed by atoms with Crippen LogP contribution in [0.3, 0.4) is 0 Å². The van der Waals surface area contributed by atoms with Crippen molar-refractivity contribution in [1.29, 1.82) is 0 Å². The van der Waals surface area contributed by atoms with Gasteiger partial charge in [0.2, 0.25) is 5.91 Å². The van der Waals surface area contributed by atoms with Gasteiger partial charge in [-0.1, -0.05) is 39.7 Å². The predicted molar refractivity (Wildman–Crippen MR) is 107 cm³/mol. The van der Waals surface area contributed by atoms with Gasteiger partial charge in [0, 0.05) is 27.7 Å². The summed E-state index contributed by atoms with van der Waals surface area (Å²) in [5, 5.41) is 12.6. The normalized spacial score (nSPS) is 11.5. The fourth-order valence-electron chi connectivity index (χ4n) is 2.44. The Bertz CT molecular complexity index is 962. The van der Waals surface area contributed by atoms with Crippen LogP contribution in [0.15, 0.2) is 58.7 Å². The summed E-state index contributed by atoms with van der Waals surface area (Å²) in [4.78, 5) is 12.9. The van der Waals surface area contributed by atoms with Gasteiger partial charge < -0.3 is 5.32 Å². The maximum Gasteiger partial charge on any atom is 0.220 e. The molecule has 1 aromatic heterocycles. The number of nitrogens with zero attached hydrogens (tertiary/aromatic N) is 3. The Morgan fingerprint density at radius 3 is 2.35 bits per heavy atom. The van der Waals surface area contributed by atoms with Crippen LogP contribution in [0, 0.1) is 0 Å². The Morgan fingerprint density at radius 1 is 1.08 bits per heavy atom. The van der Waals surface area contributed by atoms with Gasteiger partial charge in [-0.15, -0.1) is 10.2 Å². The smallest absolute Gasteiger partial charge is 0.220 e. The van der Waals surface area contributed by atoms with Gasteiger partial charge in [0.05, 0.1) is 5.69 Å². The van der Waals surface area contributed by atoms with E-state index in [9.17, 15) is 4.79 Å². The molecule has 5 nitrogen and oxygen atoms in total. The van der Waals surface area contributed by atoms with E-state index in [2.05, 4.69) is 31.4 Å². The lowest BCUT2D eigenvalue weighted by Crippen LogP contribution is -2.16.